The Morgan fingerprint density at radius 1 is 0.448 bits per heavy atom. The molecule has 0 aromatic heterocycles. The third-order valence-corrected chi connectivity index (χ3v) is 6.35. The molecule has 0 heterocycles. The van der Waals surface area contributed by atoms with Crippen LogP contribution in [0.5, 0.6) is 0 Å². The molecule has 0 saturated heterocycles. The first-order valence-electron chi connectivity index (χ1n) is 13.8. The minimum atomic E-state index is 0.963. The van der Waals surface area contributed by atoms with Crippen molar-refractivity contribution in [2.45, 2.75) is 168 Å². The lowest BCUT2D eigenvalue weighted by Crippen LogP contribution is -1.95. The predicted molar refractivity (Wildman–Crippen MR) is 134 cm³/mol. The summed E-state index contributed by atoms with van der Waals surface area (Å²) in [6, 6.07) is 0. The third kappa shape index (κ3) is 25.5. The molecule has 0 aliphatic rings. The van der Waals surface area contributed by atoms with Crippen LogP contribution in [-0.4, -0.2) is 0 Å². The molecule has 0 bridgehead atoms. The highest BCUT2D eigenvalue weighted by Crippen LogP contribution is 2.19. The Kier molecular flexibility index (Phi) is 25.2. The topological polar surface area (TPSA) is 0 Å². The molecule has 0 radical (unpaired) electrons. The molecule has 0 amide bonds. The SMILES string of the molecule is CCC#CCCCCCCCCCCCCCCCC(C)CCCCCCCC. The Morgan fingerprint density at radius 3 is 1.24 bits per heavy atom. The maximum atomic E-state index is 3.25. The average molecular weight is 405 g/mol. The van der Waals surface area contributed by atoms with Crippen LogP contribution in [-0.2, 0) is 0 Å². The van der Waals surface area contributed by atoms with Crippen molar-refractivity contribution in [1.82, 2.24) is 0 Å². The summed E-state index contributed by atoms with van der Waals surface area (Å²) in [7, 11) is 0. The molecule has 0 rings (SSSR count). The van der Waals surface area contributed by atoms with E-state index in [1.54, 1.807) is 0 Å². The van der Waals surface area contributed by atoms with Crippen molar-refractivity contribution in [3.8, 4) is 11.8 Å². The highest BCUT2D eigenvalue weighted by atomic mass is 14.1. The minimum Gasteiger partial charge on any atom is -0.104 e. The number of rotatable bonds is 22. The van der Waals surface area contributed by atoms with Crippen molar-refractivity contribution in [3.63, 3.8) is 0 Å². The van der Waals surface area contributed by atoms with Crippen LogP contribution in [0, 0.1) is 17.8 Å². The zero-order chi connectivity index (χ0) is 21.3. The van der Waals surface area contributed by atoms with Crippen molar-refractivity contribution < 1.29 is 0 Å². The van der Waals surface area contributed by atoms with Gasteiger partial charge in [-0.2, -0.15) is 0 Å². The first-order chi connectivity index (χ1) is 14.3. The maximum Gasteiger partial charge on any atom is 0.00886 e. The number of unbranched alkanes of at least 4 members (excludes halogenated alkanes) is 18. The molecule has 0 nitrogen and oxygen atoms in total. The molecule has 0 aromatic carbocycles. The Hall–Kier alpha value is -0.440. The standard InChI is InChI=1S/C29H56/c1-4-6-8-10-12-13-14-15-16-17-18-19-20-21-22-24-26-28-29(3)27-25-23-11-9-7-5-2/h29H,4-5,7,9-28H2,1-3H3. The van der Waals surface area contributed by atoms with Gasteiger partial charge in [-0.1, -0.05) is 149 Å². The molecule has 0 saturated carbocycles. The Morgan fingerprint density at radius 2 is 0.828 bits per heavy atom. The van der Waals surface area contributed by atoms with Crippen molar-refractivity contribution in [1.29, 1.82) is 0 Å². The molecule has 0 spiro atoms. The van der Waals surface area contributed by atoms with Gasteiger partial charge in [0.15, 0.2) is 0 Å². The van der Waals surface area contributed by atoms with Crippen LogP contribution in [0.25, 0.3) is 0 Å². The molecule has 1 unspecified atom stereocenters. The normalized spacial score (nSPS) is 12.0. The molecule has 0 aromatic rings. The van der Waals surface area contributed by atoms with Gasteiger partial charge in [0, 0.05) is 12.8 Å². The molecule has 29 heavy (non-hydrogen) atoms. The van der Waals surface area contributed by atoms with Crippen molar-refractivity contribution >= 4 is 0 Å². The number of hydrogen-bond donors (Lipinski definition) is 0. The molecule has 0 N–H and O–H groups in total. The molecule has 0 fully saturated rings. The predicted octanol–water partition coefficient (Wildman–Crippen LogP) is 10.6. The lowest BCUT2D eigenvalue weighted by molar-refractivity contribution is 0.430. The van der Waals surface area contributed by atoms with E-state index in [1.165, 1.54) is 135 Å². The van der Waals surface area contributed by atoms with E-state index in [1.807, 2.05) is 0 Å². The second-order valence-corrected chi connectivity index (χ2v) is 9.50. The van der Waals surface area contributed by atoms with E-state index in [-0.39, 0.29) is 0 Å². The molecule has 0 heteroatoms. The van der Waals surface area contributed by atoms with Gasteiger partial charge < -0.3 is 0 Å². The van der Waals surface area contributed by atoms with Crippen LogP contribution >= 0.6 is 0 Å². The molecular formula is C29H56. The fraction of sp³-hybridized carbons (Fsp3) is 0.931. The van der Waals surface area contributed by atoms with Gasteiger partial charge in [-0.3, -0.25) is 0 Å². The van der Waals surface area contributed by atoms with Crippen LogP contribution < -0.4 is 0 Å². The van der Waals surface area contributed by atoms with Gasteiger partial charge in [-0.25, -0.2) is 0 Å². The quantitative estimate of drug-likeness (QED) is 0.124. The molecule has 0 aliphatic heterocycles. The summed E-state index contributed by atoms with van der Waals surface area (Å²) in [6.07, 6.45) is 32.5. The van der Waals surface area contributed by atoms with Crippen LogP contribution in [0.3, 0.4) is 0 Å². The van der Waals surface area contributed by atoms with Crippen LogP contribution in [0.15, 0.2) is 0 Å². The lowest BCUT2D eigenvalue weighted by atomic mass is 9.96. The average Bonchev–Trinajstić information content (AvgIpc) is 2.73. The van der Waals surface area contributed by atoms with Crippen molar-refractivity contribution in [3.05, 3.63) is 0 Å². The summed E-state index contributed by atoms with van der Waals surface area (Å²) in [4.78, 5) is 0. The number of hydrogen-bond acceptors (Lipinski definition) is 0. The molecular weight excluding hydrogens is 348 g/mol. The fourth-order valence-electron chi connectivity index (χ4n) is 4.28. The minimum absolute atomic E-state index is 0.963. The first kappa shape index (κ1) is 28.6. The van der Waals surface area contributed by atoms with E-state index in [0.717, 1.165) is 18.8 Å². The molecule has 0 aliphatic carbocycles. The summed E-state index contributed by atoms with van der Waals surface area (Å²) < 4.78 is 0. The third-order valence-electron chi connectivity index (χ3n) is 6.35. The van der Waals surface area contributed by atoms with Crippen molar-refractivity contribution in [2.75, 3.05) is 0 Å². The Labute approximate surface area is 186 Å². The van der Waals surface area contributed by atoms with E-state index in [9.17, 15) is 0 Å². The van der Waals surface area contributed by atoms with Crippen LogP contribution in [0.2, 0.25) is 0 Å². The first-order valence-corrected chi connectivity index (χ1v) is 13.8. The van der Waals surface area contributed by atoms with Crippen LogP contribution in [0.4, 0.5) is 0 Å². The van der Waals surface area contributed by atoms with Crippen molar-refractivity contribution in [2.24, 2.45) is 5.92 Å². The second-order valence-electron chi connectivity index (χ2n) is 9.50. The van der Waals surface area contributed by atoms with Gasteiger partial charge in [0.2, 0.25) is 0 Å². The van der Waals surface area contributed by atoms with Gasteiger partial charge in [-0.15, -0.1) is 11.8 Å². The maximum absolute atomic E-state index is 3.25. The second kappa shape index (κ2) is 25.6. The summed E-state index contributed by atoms with van der Waals surface area (Å²) in [5, 5.41) is 0. The van der Waals surface area contributed by atoms with Gasteiger partial charge in [0.1, 0.15) is 0 Å². The Bertz CT molecular complexity index is 345. The van der Waals surface area contributed by atoms with E-state index in [0.29, 0.717) is 0 Å². The van der Waals surface area contributed by atoms with E-state index in [4.69, 9.17) is 0 Å². The summed E-state index contributed by atoms with van der Waals surface area (Å²) in [6.45, 7) is 6.91. The summed E-state index contributed by atoms with van der Waals surface area (Å²) >= 11 is 0. The highest BCUT2D eigenvalue weighted by molar-refractivity contribution is 4.97. The zero-order valence-corrected chi connectivity index (χ0v) is 20.8. The summed E-state index contributed by atoms with van der Waals surface area (Å²) in [5.41, 5.74) is 0. The van der Waals surface area contributed by atoms with Gasteiger partial charge >= 0.3 is 0 Å². The largest absolute Gasteiger partial charge is 0.104 e. The zero-order valence-electron chi connectivity index (χ0n) is 20.8. The van der Waals surface area contributed by atoms with Gasteiger partial charge in [-0.05, 0) is 12.3 Å². The smallest absolute Gasteiger partial charge is 0.00886 e. The fourth-order valence-corrected chi connectivity index (χ4v) is 4.28. The van der Waals surface area contributed by atoms with Gasteiger partial charge in [0.25, 0.3) is 0 Å². The summed E-state index contributed by atoms with van der Waals surface area (Å²) in [5.74, 6) is 7.38. The van der Waals surface area contributed by atoms with E-state index in [2.05, 4.69) is 32.6 Å². The molecule has 1 atom stereocenters. The van der Waals surface area contributed by atoms with Crippen LogP contribution in [0.1, 0.15) is 168 Å². The highest BCUT2D eigenvalue weighted by Gasteiger charge is 2.02. The Balaban J connectivity index is 3.12. The molecule has 172 valence electrons. The lowest BCUT2D eigenvalue weighted by Gasteiger charge is -2.11. The van der Waals surface area contributed by atoms with Gasteiger partial charge in [0.05, 0.1) is 0 Å². The van der Waals surface area contributed by atoms with E-state index < -0.39 is 0 Å². The monoisotopic (exact) mass is 404 g/mol. The van der Waals surface area contributed by atoms with E-state index >= 15 is 0 Å².